The van der Waals surface area contributed by atoms with Crippen molar-refractivity contribution in [3.63, 3.8) is 0 Å². The summed E-state index contributed by atoms with van der Waals surface area (Å²) in [5.74, 6) is -1.67. The topological polar surface area (TPSA) is 137 Å². The van der Waals surface area contributed by atoms with Crippen LogP contribution in [-0.2, 0) is 14.3 Å². The molecule has 2 aromatic rings. The summed E-state index contributed by atoms with van der Waals surface area (Å²) in [4.78, 5) is 45.0. The number of nitrogens with zero attached hydrogens (tertiary/aromatic N) is 1. The number of carbonyl (C=O) groups is 3. The number of nitro groups is 1. The van der Waals surface area contributed by atoms with E-state index in [1.54, 1.807) is 12.1 Å². The van der Waals surface area contributed by atoms with Gasteiger partial charge < -0.3 is 9.47 Å². The molecule has 2 amide bonds. The Morgan fingerprint density at radius 3 is 2.32 bits per heavy atom. The molecular weight excluding hydrogens is 370 g/mol. The monoisotopic (exact) mass is 387 g/mol. The summed E-state index contributed by atoms with van der Waals surface area (Å²) in [7, 11) is 0. The minimum Gasteiger partial charge on any atom is -0.482 e. The predicted octanol–water partition coefficient (Wildman–Crippen LogP) is 1.29. The minimum atomic E-state index is -0.764. The maximum atomic E-state index is 11.8. The van der Waals surface area contributed by atoms with E-state index in [9.17, 15) is 24.5 Å². The van der Waals surface area contributed by atoms with Crippen LogP contribution >= 0.6 is 0 Å². The van der Waals surface area contributed by atoms with E-state index in [1.165, 1.54) is 12.1 Å². The van der Waals surface area contributed by atoms with Gasteiger partial charge in [-0.2, -0.15) is 0 Å². The van der Waals surface area contributed by atoms with Crippen LogP contribution in [0.15, 0.2) is 48.5 Å². The lowest BCUT2D eigenvalue weighted by atomic mass is 10.2. The number of hydrazine groups is 1. The number of hydrogen-bond acceptors (Lipinski definition) is 7. The number of hydrogen-bond donors (Lipinski definition) is 2. The van der Waals surface area contributed by atoms with Crippen LogP contribution in [0.25, 0.3) is 0 Å². The molecule has 0 aromatic heterocycles. The van der Waals surface area contributed by atoms with Crippen LogP contribution in [0.3, 0.4) is 0 Å². The van der Waals surface area contributed by atoms with Gasteiger partial charge in [-0.25, -0.2) is 4.79 Å². The molecule has 0 radical (unpaired) electrons. The molecular formula is C18H17N3O7. The number of aryl methyl sites for hydroxylation is 1. The molecule has 28 heavy (non-hydrogen) atoms. The molecule has 0 heterocycles. The molecule has 0 aliphatic rings. The van der Waals surface area contributed by atoms with Crippen molar-refractivity contribution in [2.45, 2.75) is 6.92 Å². The first-order valence-electron chi connectivity index (χ1n) is 8.04. The van der Waals surface area contributed by atoms with E-state index < -0.39 is 29.3 Å². The molecule has 0 unspecified atom stereocenters. The molecule has 2 N–H and O–H groups in total. The van der Waals surface area contributed by atoms with E-state index >= 15 is 0 Å². The van der Waals surface area contributed by atoms with E-state index in [0.29, 0.717) is 5.75 Å². The van der Waals surface area contributed by atoms with Gasteiger partial charge in [-0.05, 0) is 30.7 Å². The largest absolute Gasteiger partial charge is 0.482 e. The Morgan fingerprint density at radius 1 is 1.00 bits per heavy atom. The van der Waals surface area contributed by atoms with E-state index in [1.807, 2.05) is 19.1 Å². The van der Waals surface area contributed by atoms with Crippen molar-refractivity contribution < 1.29 is 28.8 Å². The number of amides is 2. The first-order chi connectivity index (χ1) is 13.4. The van der Waals surface area contributed by atoms with Gasteiger partial charge >= 0.3 is 5.97 Å². The third-order valence-corrected chi connectivity index (χ3v) is 3.46. The minimum absolute atomic E-state index is 0.106. The highest BCUT2D eigenvalue weighted by Gasteiger charge is 2.12. The summed E-state index contributed by atoms with van der Waals surface area (Å²) in [5, 5.41) is 10.6. The summed E-state index contributed by atoms with van der Waals surface area (Å²) < 4.78 is 10.0. The van der Waals surface area contributed by atoms with Crippen molar-refractivity contribution in [3.8, 4) is 5.75 Å². The van der Waals surface area contributed by atoms with Gasteiger partial charge in [0.25, 0.3) is 17.5 Å². The van der Waals surface area contributed by atoms with E-state index in [0.717, 1.165) is 17.7 Å². The zero-order chi connectivity index (χ0) is 20.5. The number of benzene rings is 2. The molecule has 0 aliphatic heterocycles. The summed E-state index contributed by atoms with van der Waals surface area (Å²) in [6, 6.07) is 11.9. The van der Waals surface area contributed by atoms with Crippen molar-refractivity contribution in [1.29, 1.82) is 0 Å². The zero-order valence-corrected chi connectivity index (χ0v) is 14.8. The maximum absolute atomic E-state index is 11.8. The van der Waals surface area contributed by atoms with Crippen LogP contribution in [0.5, 0.6) is 5.75 Å². The van der Waals surface area contributed by atoms with Crippen molar-refractivity contribution in [1.82, 2.24) is 10.9 Å². The zero-order valence-electron chi connectivity index (χ0n) is 14.8. The van der Waals surface area contributed by atoms with Crippen LogP contribution in [0, 0.1) is 17.0 Å². The Bertz CT molecular complexity index is 881. The molecule has 0 bridgehead atoms. The molecule has 0 aliphatic carbocycles. The van der Waals surface area contributed by atoms with E-state index in [2.05, 4.69) is 10.9 Å². The van der Waals surface area contributed by atoms with Crippen LogP contribution in [0.2, 0.25) is 0 Å². The lowest BCUT2D eigenvalue weighted by Gasteiger charge is -2.10. The Balaban J connectivity index is 1.70. The predicted molar refractivity (Wildman–Crippen MR) is 96.3 cm³/mol. The fourth-order valence-electron chi connectivity index (χ4n) is 2.01. The SMILES string of the molecule is Cc1ccccc1OCC(=O)OCC(=O)NNC(=O)c1ccc([N+](=O)[O-])cc1. The molecule has 2 rings (SSSR count). The van der Waals surface area contributed by atoms with Gasteiger partial charge in [0.05, 0.1) is 4.92 Å². The summed E-state index contributed by atoms with van der Waals surface area (Å²) >= 11 is 0. The number of nitro benzene ring substituents is 1. The lowest BCUT2D eigenvalue weighted by molar-refractivity contribution is -0.384. The average molecular weight is 387 g/mol. The van der Waals surface area contributed by atoms with Crippen molar-refractivity contribution >= 4 is 23.5 Å². The molecule has 2 aromatic carbocycles. The second-order valence-corrected chi connectivity index (χ2v) is 5.52. The Kier molecular flexibility index (Phi) is 7.03. The Morgan fingerprint density at radius 2 is 1.68 bits per heavy atom. The summed E-state index contributed by atoms with van der Waals surface area (Å²) in [6.45, 7) is 0.839. The molecule has 10 heteroatoms. The summed E-state index contributed by atoms with van der Waals surface area (Å²) in [6.07, 6.45) is 0. The van der Waals surface area contributed by atoms with Crippen LogP contribution in [-0.4, -0.2) is 35.9 Å². The molecule has 146 valence electrons. The van der Waals surface area contributed by atoms with E-state index in [4.69, 9.17) is 9.47 Å². The number of carbonyl (C=O) groups excluding carboxylic acids is 3. The molecule has 0 atom stereocenters. The maximum Gasteiger partial charge on any atom is 0.344 e. The fraction of sp³-hybridized carbons (Fsp3) is 0.167. The highest BCUT2D eigenvalue weighted by molar-refractivity contribution is 5.95. The third-order valence-electron chi connectivity index (χ3n) is 3.46. The number of nitrogens with one attached hydrogen (secondary N) is 2. The first kappa shape index (κ1) is 20.4. The standard InChI is InChI=1S/C18H17N3O7/c1-12-4-2-3-5-15(12)27-11-17(23)28-10-16(22)19-20-18(24)13-6-8-14(9-7-13)21(25)26/h2-9H,10-11H2,1H3,(H,19,22)(H,20,24). The molecule has 0 saturated carbocycles. The lowest BCUT2D eigenvalue weighted by Crippen LogP contribution is -2.43. The van der Waals surface area contributed by atoms with Crippen molar-refractivity contribution in [2.75, 3.05) is 13.2 Å². The van der Waals surface area contributed by atoms with Gasteiger partial charge in [-0.15, -0.1) is 0 Å². The molecule has 10 nitrogen and oxygen atoms in total. The van der Waals surface area contributed by atoms with Crippen LogP contribution in [0.4, 0.5) is 5.69 Å². The average Bonchev–Trinajstić information content (AvgIpc) is 2.69. The number of ether oxygens (including phenoxy) is 2. The van der Waals surface area contributed by atoms with Crippen molar-refractivity contribution in [3.05, 3.63) is 69.8 Å². The summed E-state index contributed by atoms with van der Waals surface area (Å²) in [5.41, 5.74) is 4.96. The van der Waals surface area contributed by atoms with Crippen LogP contribution in [0.1, 0.15) is 15.9 Å². The third kappa shape index (κ3) is 6.09. The second kappa shape index (κ2) is 9.67. The fourth-order valence-corrected chi connectivity index (χ4v) is 2.01. The number of rotatable bonds is 7. The van der Waals surface area contributed by atoms with Gasteiger partial charge in [0.2, 0.25) is 0 Å². The Hall–Kier alpha value is -3.95. The first-order valence-corrected chi connectivity index (χ1v) is 8.04. The van der Waals surface area contributed by atoms with Gasteiger partial charge in [0, 0.05) is 17.7 Å². The Labute approximate surface area is 159 Å². The highest BCUT2D eigenvalue weighted by atomic mass is 16.6. The van der Waals surface area contributed by atoms with Crippen molar-refractivity contribution in [2.24, 2.45) is 0 Å². The molecule has 0 spiro atoms. The van der Waals surface area contributed by atoms with E-state index in [-0.39, 0.29) is 17.9 Å². The van der Waals surface area contributed by atoms with Gasteiger partial charge in [0.15, 0.2) is 13.2 Å². The second-order valence-electron chi connectivity index (χ2n) is 5.52. The van der Waals surface area contributed by atoms with Gasteiger partial charge in [-0.1, -0.05) is 18.2 Å². The number of esters is 1. The smallest absolute Gasteiger partial charge is 0.344 e. The number of para-hydroxylation sites is 1. The number of non-ortho nitro benzene ring substituents is 1. The van der Waals surface area contributed by atoms with Crippen LogP contribution < -0.4 is 15.6 Å². The highest BCUT2D eigenvalue weighted by Crippen LogP contribution is 2.15. The normalized spacial score (nSPS) is 9.89. The molecule has 0 fully saturated rings. The molecule has 0 saturated heterocycles. The van der Waals surface area contributed by atoms with Gasteiger partial charge in [-0.3, -0.25) is 30.6 Å². The van der Waals surface area contributed by atoms with Gasteiger partial charge in [0.1, 0.15) is 5.75 Å². The quantitative estimate of drug-likeness (QED) is 0.415.